The van der Waals surface area contributed by atoms with Crippen LogP contribution in [0.3, 0.4) is 0 Å². The van der Waals surface area contributed by atoms with E-state index in [9.17, 15) is 4.79 Å². The van der Waals surface area contributed by atoms with Crippen LogP contribution in [0.25, 0.3) is 0 Å². The first-order valence-corrected chi connectivity index (χ1v) is 9.21. The van der Waals surface area contributed by atoms with Crippen LogP contribution in [-0.2, 0) is 6.42 Å². The summed E-state index contributed by atoms with van der Waals surface area (Å²) >= 11 is 0. The molecule has 3 aromatic rings. The molecule has 0 fully saturated rings. The van der Waals surface area contributed by atoms with Gasteiger partial charge in [-0.2, -0.15) is 0 Å². The second kappa shape index (κ2) is 9.04. The number of esters is 1. The van der Waals surface area contributed by atoms with Gasteiger partial charge in [0.05, 0.1) is 12.2 Å². The second-order valence-corrected chi connectivity index (χ2v) is 6.72. The number of hydrogen-bond donors (Lipinski definition) is 0. The van der Waals surface area contributed by atoms with Crippen LogP contribution in [0.1, 0.15) is 41.3 Å². The minimum atomic E-state index is -0.372. The van der Waals surface area contributed by atoms with E-state index in [2.05, 4.69) is 26.0 Å². The quantitative estimate of drug-likeness (QED) is 0.403. The Labute approximate surface area is 160 Å². The van der Waals surface area contributed by atoms with Crippen molar-refractivity contribution in [1.82, 2.24) is 0 Å². The Morgan fingerprint density at radius 3 is 2.07 bits per heavy atom. The Morgan fingerprint density at radius 2 is 1.44 bits per heavy atom. The molecule has 0 saturated heterocycles. The van der Waals surface area contributed by atoms with Gasteiger partial charge >= 0.3 is 5.97 Å². The van der Waals surface area contributed by atoms with E-state index in [1.165, 1.54) is 11.1 Å². The maximum atomic E-state index is 12.3. The first kappa shape index (κ1) is 18.7. The molecule has 0 aliphatic carbocycles. The molecule has 138 valence electrons. The van der Waals surface area contributed by atoms with Gasteiger partial charge in [0.15, 0.2) is 0 Å². The van der Waals surface area contributed by atoms with Gasteiger partial charge in [0.2, 0.25) is 0 Å². The summed E-state index contributed by atoms with van der Waals surface area (Å²) in [6, 6.07) is 24.9. The number of rotatable bonds is 7. The summed E-state index contributed by atoms with van der Waals surface area (Å²) in [5, 5.41) is 0. The molecule has 0 saturated carbocycles. The Balaban J connectivity index is 1.52. The SMILES string of the molecule is CC(C)c1ccc(OC(=O)c2ccc(OCCc3ccccc3)cc2)cc1. The van der Waals surface area contributed by atoms with Crippen molar-refractivity contribution < 1.29 is 14.3 Å². The van der Waals surface area contributed by atoms with Crippen LogP contribution in [0.4, 0.5) is 0 Å². The first-order valence-electron chi connectivity index (χ1n) is 9.21. The first-order chi connectivity index (χ1) is 13.1. The van der Waals surface area contributed by atoms with Crippen molar-refractivity contribution in [2.75, 3.05) is 6.61 Å². The van der Waals surface area contributed by atoms with Gasteiger partial charge in [-0.25, -0.2) is 4.79 Å². The van der Waals surface area contributed by atoms with E-state index in [4.69, 9.17) is 9.47 Å². The summed E-state index contributed by atoms with van der Waals surface area (Å²) in [6.07, 6.45) is 0.844. The van der Waals surface area contributed by atoms with E-state index in [1.54, 1.807) is 24.3 Å². The van der Waals surface area contributed by atoms with E-state index in [0.29, 0.717) is 23.8 Å². The number of ether oxygens (including phenoxy) is 2. The smallest absolute Gasteiger partial charge is 0.343 e. The van der Waals surface area contributed by atoms with Crippen molar-refractivity contribution in [3.05, 3.63) is 95.6 Å². The maximum absolute atomic E-state index is 12.3. The lowest BCUT2D eigenvalue weighted by Gasteiger charge is -2.09. The molecule has 0 radical (unpaired) electrons. The van der Waals surface area contributed by atoms with Crippen LogP contribution >= 0.6 is 0 Å². The highest BCUT2D eigenvalue weighted by atomic mass is 16.5. The van der Waals surface area contributed by atoms with Crippen molar-refractivity contribution >= 4 is 5.97 Å². The van der Waals surface area contributed by atoms with E-state index >= 15 is 0 Å². The average molecular weight is 360 g/mol. The molecule has 3 heteroatoms. The highest BCUT2D eigenvalue weighted by Gasteiger charge is 2.09. The summed E-state index contributed by atoms with van der Waals surface area (Å²) in [5.74, 6) is 1.36. The van der Waals surface area contributed by atoms with Gasteiger partial charge < -0.3 is 9.47 Å². The molecule has 0 bridgehead atoms. The van der Waals surface area contributed by atoms with Gasteiger partial charge in [0.25, 0.3) is 0 Å². The predicted molar refractivity (Wildman–Crippen MR) is 108 cm³/mol. The van der Waals surface area contributed by atoms with Crippen LogP contribution in [0.2, 0.25) is 0 Å². The lowest BCUT2D eigenvalue weighted by Crippen LogP contribution is -2.08. The molecular formula is C24H24O3. The van der Waals surface area contributed by atoms with Crippen molar-refractivity contribution in [3.8, 4) is 11.5 Å². The normalized spacial score (nSPS) is 10.6. The molecule has 3 rings (SSSR count). The molecule has 0 heterocycles. The third-order valence-corrected chi connectivity index (χ3v) is 4.35. The standard InChI is InChI=1S/C24H24O3/c1-18(2)20-8-14-23(15-9-20)27-24(25)21-10-12-22(13-11-21)26-17-16-19-6-4-3-5-7-19/h3-15,18H,16-17H2,1-2H3. The Kier molecular flexibility index (Phi) is 6.26. The molecular weight excluding hydrogens is 336 g/mol. The lowest BCUT2D eigenvalue weighted by atomic mass is 10.0. The van der Waals surface area contributed by atoms with Crippen molar-refractivity contribution in [1.29, 1.82) is 0 Å². The fraction of sp³-hybridized carbons (Fsp3) is 0.208. The van der Waals surface area contributed by atoms with Crippen LogP contribution in [0.5, 0.6) is 11.5 Å². The minimum absolute atomic E-state index is 0.372. The zero-order valence-electron chi connectivity index (χ0n) is 15.7. The number of benzene rings is 3. The number of carbonyl (C=O) groups excluding carboxylic acids is 1. The zero-order valence-corrected chi connectivity index (χ0v) is 15.7. The van der Waals surface area contributed by atoms with Crippen LogP contribution in [0.15, 0.2) is 78.9 Å². The zero-order chi connectivity index (χ0) is 19.1. The summed E-state index contributed by atoms with van der Waals surface area (Å²) in [6.45, 7) is 4.85. The molecule has 0 aromatic heterocycles. The molecule has 0 aliphatic rings. The van der Waals surface area contributed by atoms with Crippen molar-refractivity contribution in [2.45, 2.75) is 26.2 Å². The summed E-state index contributed by atoms with van der Waals surface area (Å²) < 4.78 is 11.2. The molecule has 0 N–H and O–H groups in total. The summed E-state index contributed by atoms with van der Waals surface area (Å²) in [7, 11) is 0. The van der Waals surface area contributed by atoms with Crippen LogP contribution < -0.4 is 9.47 Å². The van der Waals surface area contributed by atoms with Gasteiger partial charge in [-0.1, -0.05) is 56.3 Å². The summed E-state index contributed by atoms with van der Waals surface area (Å²) in [4.78, 5) is 12.3. The van der Waals surface area contributed by atoms with Gasteiger partial charge in [-0.3, -0.25) is 0 Å². The molecule has 0 atom stereocenters. The van der Waals surface area contributed by atoms with Gasteiger partial charge in [0, 0.05) is 6.42 Å². The number of hydrogen-bond acceptors (Lipinski definition) is 3. The Hall–Kier alpha value is -3.07. The molecule has 0 spiro atoms. The van der Waals surface area contributed by atoms with E-state index in [1.807, 2.05) is 42.5 Å². The fourth-order valence-corrected chi connectivity index (χ4v) is 2.71. The average Bonchev–Trinajstić information content (AvgIpc) is 2.70. The third kappa shape index (κ3) is 5.45. The molecule has 0 amide bonds. The summed E-state index contributed by atoms with van der Waals surface area (Å²) in [5.41, 5.74) is 2.95. The maximum Gasteiger partial charge on any atom is 0.343 e. The predicted octanol–water partition coefficient (Wildman–Crippen LogP) is 5.65. The monoisotopic (exact) mass is 360 g/mol. The van der Waals surface area contributed by atoms with Crippen LogP contribution in [0, 0.1) is 0 Å². The number of carbonyl (C=O) groups is 1. The Bertz CT molecular complexity index is 850. The lowest BCUT2D eigenvalue weighted by molar-refractivity contribution is 0.0734. The van der Waals surface area contributed by atoms with Crippen LogP contribution in [-0.4, -0.2) is 12.6 Å². The highest BCUT2D eigenvalue weighted by Crippen LogP contribution is 2.20. The molecule has 3 aromatic carbocycles. The van der Waals surface area contributed by atoms with E-state index < -0.39 is 0 Å². The second-order valence-electron chi connectivity index (χ2n) is 6.72. The van der Waals surface area contributed by atoms with Gasteiger partial charge in [-0.15, -0.1) is 0 Å². The van der Waals surface area contributed by atoms with E-state index in [-0.39, 0.29) is 5.97 Å². The largest absolute Gasteiger partial charge is 0.493 e. The van der Waals surface area contributed by atoms with Gasteiger partial charge in [-0.05, 0) is 53.4 Å². The molecule has 27 heavy (non-hydrogen) atoms. The van der Waals surface area contributed by atoms with Crippen molar-refractivity contribution in [3.63, 3.8) is 0 Å². The van der Waals surface area contributed by atoms with Gasteiger partial charge in [0.1, 0.15) is 11.5 Å². The topological polar surface area (TPSA) is 35.5 Å². The van der Waals surface area contributed by atoms with E-state index in [0.717, 1.165) is 12.2 Å². The highest BCUT2D eigenvalue weighted by molar-refractivity contribution is 5.91. The molecule has 0 unspecified atom stereocenters. The third-order valence-electron chi connectivity index (χ3n) is 4.35. The van der Waals surface area contributed by atoms with Crippen molar-refractivity contribution in [2.24, 2.45) is 0 Å². The minimum Gasteiger partial charge on any atom is -0.493 e. The molecule has 3 nitrogen and oxygen atoms in total. The fourth-order valence-electron chi connectivity index (χ4n) is 2.71. The Morgan fingerprint density at radius 1 is 0.815 bits per heavy atom. The molecule has 0 aliphatic heterocycles.